The predicted octanol–water partition coefficient (Wildman–Crippen LogP) is 6.34. The van der Waals surface area contributed by atoms with Gasteiger partial charge in [-0.1, -0.05) is 30.0 Å². The highest BCUT2D eigenvalue weighted by atomic mass is 32.1. The van der Waals surface area contributed by atoms with Crippen molar-refractivity contribution in [1.82, 2.24) is 15.6 Å². The Kier molecular flexibility index (Phi) is 10.1. The van der Waals surface area contributed by atoms with Gasteiger partial charge >= 0.3 is 12.2 Å². The maximum absolute atomic E-state index is 12.0. The van der Waals surface area contributed by atoms with Gasteiger partial charge < -0.3 is 20.1 Å². The van der Waals surface area contributed by atoms with Gasteiger partial charge in [0.25, 0.3) is 0 Å². The summed E-state index contributed by atoms with van der Waals surface area (Å²) < 4.78 is 10.7. The number of hydrogen-bond acceptors (Lipinski definition) is 6. The predicted molar refractivity (Wildman–Crippen MR) is 156 cm³/mol. The first kappa shape index (κ1) is 29.7. The summed E-state index contributed by atoms with van der Waals surface area (Å²) in [5.41, 5.74) is 3.75. The van der Waals surface area contributed by atoms with Gasteiger partial charge in [-0.05, 0) is 89.8 Å². The fourth-order valence-corrected chi connectivity index (χ4v) is 4.25. The molecule has 0 spiro atoms. The summed E-state index contributed by atoms with van der Waals surface area (Å²) in [6.07, 6.45) is 2.13. The van der Waals surface area contributed by atoms with Crippen LogP contribution in [0.1, 0.15) is 63.8 Å². The number of benzene rings is 2. The van der Waals surface area contributed by atoms with E-state index in [-0.39, 0.29) is 0 Å². The fraction of sp³-hybridized carbons (Fsp3) is 0.387. The minimum absolute atomic E-state index is 0.428. The Hall–Kier alpha value is -3.83. The maximum Gasteiger partial charge on any atom is 0.407 e. The Balaban J connectivity index is 1.74. The van der Waals surface area contributed by atoms with Crippen molar-refractivity contribution in [2.45, 2.75) is 65.6 Å². The van der Waals surface area contributed by atoms with Crippen LogP contribution >= 0.6 is 11.3 Å². The van der Waals surface area contributed by atoms with E-state index in [9.17, 15) is 9.59 Å². The lowest BCUT2D eigenvalue weighted by Gasteiger charge is -2.20. The van der Waals surface area contributed by atoms with Crippen LogP contribution < -0.4 is 10.6 Å². The van der Waals surface area contributed by atoms with Crippen LogP contribution in [0.2, 0.25) is 0 Å². The molecule has 3 aromatic rings. The Bertz CT molecular complexity index is 1270. The minimum Gasteiger partial charge on any atom is -0.444 e. The van der Waals surface area contributed by atoms with Crippen LogP contribution in [0.15, 0.2) is 54.0 Å². The normalized spacial score (nSPS) is 11.2. The molecule has 206 valence electrons. The molecule has 0 radical (unpaired) electrons. The molecule has 2 aromatic carbocycles. The number of nitrogens with zero attached hydrogens (tertiary/aromatic N) is 1. The van der Waals surface area contributed by atoms with E-state index in [0.29, 0.717) is 25.9 Å². The zero-order chi connectivity index (χ0) is 28.5. The number of thiazole rings is 1. The number of hydrogen-bond donors (Lipinski definition) is 2. The van der Waals surface area contributed by atoms with E-state index in [2.05, 4.69) is 33.5 Å². The van der Waals surface area contributed by atoms with Crippen LogP contribution in [0.25, 0.3) is 10.6 Å². The highest BCUT2D eigenvalue weighted by Gasteiger charge is 2.16. The summed E-state index contributed by atoms with van der Waals surface area (Å²) in [4.78, 5) is 28.5. The number of carbonyl (C=O) groups is 2. The summed E-state index contributed by atoms with van der Waals surface area (Å²) in [5.74, 6) is 6.55. The van der Waals surface area contributed by atoms with Crippen LogP contribution in [-0.4, -0.2) is 41.5 Å². The molecule has 1 aromatic heterocycles. The van der Waals surface area contributed by atoms with Gasteiger partial charge in [-0.2, -0.15) is 0 Å². The molecule has 0 saturated carbocycles. The van der Waals surface area contributed by atoms with Gasteiger partial charge in [-0.25, -0.2) is 14.6 Å². The van der Waals surface area contributed by atoms with E-state index in [1.54, 1.807) is 17.5 Å². The van der Waals surface area contributed by atoms with Gasteiger partial charge in [0.15, 0.2) is 0 Å². The number of nitrogens with one attached hydrogen (secondary N) is 2. The van der Waals surface area contributed by atoms with Crippen LogP contribution in [0.4, 0.5) is 9.59 Å². The van der Waals surface area contributed by atoms with Crippen molar-refractivity contribution < 1.29 is 19.1 Å². The van der Waals surface area contributed by atoms with E-state index in [4.69, 9.17) is 9.47 Å². The van der Waals surface area contributed by atoms with Gasteiger partial charge in [0.1, 0.15) is 16.2 Å². The van der Waals surface area contributed by atoms with E-state index in [0.717, 1.165) is 32.8 Å². The molecule has 3 rings (SSSR count). The van der Waals surface area contributed by atoms with Gasteiger partial charge in [0.05, 0.1) is 0 Å². The molecule has 1 heterocycles. The Labute approximate surface area is 235 Å². The van der Waals surface area contributed by atoms with Crippen LogP contribution in [-0.2, 0) is 22.3 Å². The molecule has 39 heavy (non-hydrogen) atoms. The minimum atomic E-state index is -0.551. The Morgan fingerprint density at radius 1 is 0.821 bits per heavy atom. The van der Waals surface area contributed by atoms with Gasteiger partial charge in [0.2, 0.25) is 0 Å². The maximum atomic E-state index is 12.0. The molecular weight excluding hydrogens is 510 g/mol. The molecule has 0 unspecified atom stereocenters. The smallest absolute Gasteiger partial charge is 0.407 e. The zero-order valence-corrected chi connectivity index (χ0v) is 24.3. The molecule has 0 atom stereocenters. The molecule has 0 aliphatic heterocycles. The molecule has 0 saturated heterocycles. The topological polar surface area (TPSA) is 89.5 Å². The van der Waals surface area contributed by atoms with Crippen molar-refractivity contribution in [2.24, 2.45) is 0 Å². The van der Waals surface area contributed by atoms with Crippen LogP contribution in [0, 0.1) is 11.8 Å². The SMILES string of the molecule is CC(C)(C)OC(=O)NCCc1cc(C#Cc2cccc(-c3nccs3)c2)cc(CCNC(=O)OC(C)(C)C)c1. The van der Waals surface area contributed by atoms with Gasteiger partial charge in [-0.15, -0.1) is 11.3 Å². The van der Waals surface area contributed by atoms with Crippen molar-refractivity contribution in [3.05, 3.63) is 76.3 Å². The zero-order valence-electron chi connectivity index (χ0n) is 23.5. The molecule has 0 fully saturated rings. The molecule has 0 aliphatic rings. The second-order valence-electron chi connectivity index (χ2n) is 11.1. The molecule has 2 amide bonds. The first-order valence-electron chi connectivity index (χ1n) is 12.9. The van der Waals surface area contributed by atoms with Crippen molar-refractivity contribution in [3.8, 4) is 22.4 Å². The molecule has 8 heteroatoms. The van der Waals surface area contributed by atoms with E-state index < -0.39 is 23.4 Å². The van der Waals surface area contributed by atoms with Crippen molar-refractivity contribution in [1.29, 1.82) is 0 Å². The van der Waals surface area contributed by atoms with Crippen molar-refractivity contribution >= 4 is 23.5 Å². The highest BCUT2D eigenvalue weighted by molar-refractivity contribution is 7.13. The lowest BCUT2D eigenvalue weighted by molar-refractivity contribution is 0.0517. The number of amides is 2. The van der Waals surface area contributed by atoms with Crippen molar-refractivity contribution in [2.75, 3.05) is 13.1 Å². The third-order valence-electron chi connectivity index (χ3n) is 5.11. The van der Waals surface area contributed by atoms with Gasteiger partial charge in [0, 0.05) is 41.4 Å². The molecule has 0 bridgehead atoms. The monoisotopic (exact) mass is 547 g/mol. The Morgan fingerprint density at radius 3 is 1.90 bits per heavy atom. The van der Waals surface area contributed by atoms with Crippen molar-refractivity contribution in [3.63, 3.8) is 0 Å². The summed E-state index contributed by atoms with van der Waals surface area (Å²) in [5, 5.41) is 8.53. The summed E-state index contributed by atoms with van der Waals surface area (Å²) in [7, 11) is 0. The molecular formula is C31H37N3O4S. The number of aromatic nitrogens is 1. The summed E-state index contributed by atoms with van der Waals surface area (Å²) >= 11 is 1.59. The summed E-state index contributed by atoms with van der Waals surface area (Å²) in [6.45, 7) is 11.8. The third kappa shape index (κ3) is 11.2. The number of ether oxygens (including phenoxy) is 2. The standard InChI is InChI=1S/C31H37N3O4S/c1-30(2,3)37-28(35)33-14-12-24-18-23(19-25(20-24)13-15-34-29(36)38-31(4,5)6)11-10-22-8-7-9-26(21-22)27-32-16-17-39-27/h7-9,16-21H,12-15H2,1-6H3,(H,33,35)(H,34,36). The molecule has 2 N–H and O–H groups in total. The van der Waals surface area contributed by atoms with Crippen LogP contribution in [0.5, 0.6) is 0 Å². The first-order chi connectivity index (χ1) is 18.4. The van der Waals surface area contributed by atoms with E-state index >= 15 is 0 Å². The van der Waals surface area contributed by atoms with Crippen LogP contribution in [0.3, 0.4) is 0 Å². The molecule has 7 nitrogen and oxygen atoms in total. The van der Waals surface area contributed by atoms with E-state index in [1.807, 2.05) is 83.3 Å². The lowest BCUT2D eigenvalue weighted by Crippen LogP contribution is -2.33. The molecule has 0 aliphatic carbocycles. The fourth-order valence-electron chi connectivity index (χ4n) is 3.61. The first-order valence-corrected chi connectivity index (χ1v) is 13.8. The second kappa shape index (κ2) is 13.3. The number of rotatable bonds is 7. The largest absolute Gasteiger partial charge is 0.444 e. The second-order valence-corrected chi connectivity index (χ2v) is 12.0. The van der Waals surface area contributed by atoms with Gasteiger partial charge in [-0.3, -0.25) is 0 Å². The number of alkyl carbamates (subject to hydrolysis) is 2. The Morgan fingerprint density at radius 2 is 1.38 bits per heavy atom. The summed E-state index contributed by atoms with van der Waals surface area (Å²) in [6, 6.07) is 14.1. The average molecular weight is 548 g/mol. The number of carbonyl (C=O) groups excluding carboxylic acids is 2. The third-order valence-corrected chi connectivity index (χ3v) is 5.93. The highest BCUT2D eigenvalue weighted by Crippen LogP contribution is 2.22. The lowest BCUT2D eigenvalue weighted by atomic mass is 10.0. The van der Waals surface area contributed by atoms with E-state index in [1.165, 1.54) is 0 Å². The quantitative estimate of drug-likeness (QED) is 0.337. The average Bonchev–Trinajstić information content (AvgIpc) is 3.36.